The minimum atomic E-state index is -0.502. The highest BCUT2D eigenvalue weighted by Crippen LogP contribution is 2.36. The van der Waals surface area contributed by atoms with E-state index in [0.29, 0.717) is 21.7 Å². The Hall–Kier alpha value is -2.28. The van der Waals surface area contributed by atoms with Gasteiger partial charge in [-0.05, 0) is 12.1 Å². The molecule has 0 N–H and O–H groups in total. The lowest BCUT2D eigenvalue weighted by Crippen LogP contribution is -1.94. The summed E-state index contributed by atoms with van der Waals surface area (Å²) >= 11 is 3.20. The van der Waals surface area contributed by atoms with Gasteiger partial charge in [-0.3, -0.25) is 10.1 Å². The van der Waals surface area contributed by atoms with E-state index in [1.165, 1.54) is 26.4 Å². The van der Waals surface area contributed by atoms with E-state index >= 15 is 0 Å². The Balaban J connectivity index is 2.40. The maximum Gasteiger partial charge on any atom is 0.312 e. The van der Waals surface area contributed by atoms with Gasteiger partial charge in [0.1, 0.15) is 17.2 Å². The molecule has 0 spiro atoms. The molecule has 0 bridgehead atoms. The number of benzene rings is 2. The number of nitrogens with zero attached hydrogens (tertiary/aromatic N) is 1. The topological polar surface area (TPSA) is 70.8 Å². The third kappa shape index (κ3) is 3.63. The van der Waals surface area contributed by atoms with E-state index < -0.39 is 4.92 Å². The summed E-state index contributed by atoms with van der Waals surface area (Å²) in [6.07, 6.45) is 0. The summed E-state index contributed by atoms with van der Waals surface area (Å²) in [7, 11) is 3.03. The second-order valence-electron chi connectivity index (χ2n) is 4.02. The van der Waals surface area contributed by atoms with Crippen LogP contribution in [0.4, 0.5) is 5.69 Å². The molecule has 0 saturated heterocycles. The van der Waals surface area contributed by atoms with E-state index in [-0.39, 0.29) is 11.4 Å². The van der Waals surface area contributed by atoms with E-state index in [1.807, 2.05) is 0 Å². The van der Waals surface area contributed by atoms with Gasteiger partial charge in [0.2, 0.25) is 5.75 Å². The molecule has 0 aliphatic rings. The molecule has 0 amide bonds. The molecule has 0 atom stereocenters. The van der Waals surface area contributed by atoms with E-state index in [2.05, 4.69) is 15.9 Å². The lowest BCUT2D eigenvalue weighted by Gasteiger charge is -2.10. The predicted octanol–water partition coefficient (Wildman–Crippen LogP) is 4.17. The zero-order valence-electron chi connectivity index (χ0n) is 11.3. The maximum atomic E-state index is 11.1. The van der Waals surface area contributed by atoms with Crippen LogP contribution >= 0.6 is 15.9 Å². The van der Waals surface area contributed by atoms with E-state index in [1.54, 1.807) is 24.3 Å². The molecule has 0 unspecified atom stereocenters. The Labute approximate surface area is 129 Å². The van der Waals surface area contributed by atoms with Gasteiger partial charge in [-0.1, -0.05) is 15.9 Å². The number of hydrogen-bond donors (Lipinski definition) is 0. The first-order valence-corrected chi connectivity index (χ1v) is 6.67. The molecule has 21 heavy (non-hydrogen) atoms. The van der Waals surface area contributed by atoms with Crippen molar-refractivity contribution in [1.82, 2.24) is 0 Å². The first-order valence-electron chi connectivity index (χ1n) is 5.88. The molecule has 7 heteroatoms. The molecule has 2 rings (SSSR count). The molecule has 0 radical (unpaired) electrons. The monoisotopic (exact) mass is 353 g/mol. The molecule has 2 aromatic carbocycles. The second kappa shape index (κ2) is 6.45. The number of methoxy groups -OCH3 is 2. The lowest BCUT2D eigenvalue weighted by molar-refractivity contribution is -0.385. The van der Waals surface area contributed by atoms with Crippen LogP contribution in [0, 0.1) is 10.1 Å². The molecule has 2 aromatic rings. The molecule has 0 saturated carbocycles. The molecule has 0 fully saturated rings. The van der Waals surface area contributed by atoms with Gasteiger partial charge in [-0.25, -0.2) is 0 Å². The van der Waals surface area contributed by atoms with E-state index in [9.17, 15) is 10.1 Å². The van der Waals surface area contributed by atoms with Crippen molar-refractivity contribution in [3.05, 3.63) is 51.0 Å². The van der Waals surface area contributed by atoms with E-state index in [0.717, 1.165) is 0 Å². The minimum absolute atomic E-state index is 0.133. The number of nitro benzene ring substituents is 1. The smallest absolute Gasteiger partial charge is 0.312 e. The summed E-state index contributed by atoms with van der Waals surface area (Å²) in [6.45, 7) is 0. The highest BCUT2D eigenvalue weighted by Gasteiger charge is 2.17. The Morgan fingerprint density at radius 2 is 1.57 bits per heavy atom. The van der Waals surface area contributed by atoms with Crippen molar-refractivity contribution < 1.29 is 19.1 Å². The number of halogens is 1. The van der Waals surface area contributed by atoms with Gasteiger partial charge >= 0.3 is 5.69 Å². The number of rotatable bonds is 5. The van der Waals surface area contributed by atoms with Crippen molar-refractivity contribution in [3.8, 4) is 23.0 Å². The Bertz CT molecular complexity index is 652. The van der Waals surface area contributed by atoms with Crippen molar-refractivity contribution in [2.24, 2.45) is 0 Å². The normalized spacial score (nSPS) is 10.0. The summed E-state index contributed by atoms with van der Waals surface area (Å²) < 4.78 is 16.5. The van der Waals surface area contributed by atoms with Crippen LogP contribution in [0.2, 0.25) is 0 Å². The van der Waals surface area contributed by atoms with Crippen LogP contribution in [-0.4, -0.2) is 19.1 Å². The third-order valence-corrected chi connectivity index (χ3v) is 3.16. The maximum absolute atomic E-state index is 11.1. The highest BCUT2D eigenvalue weighted by molar-refractivity contribution is 9.10. The average molecular weight is 354 g/mol. The molecule has 6 nitrogen and oxygen atoms in total. The first kappa shape index (κ1) is 15.1. The Morgan fingerprint density at radius 3 is 2.10 bits per heavy atom. The van der Waals surface area contributed by atoms with Gasteiger partial charge in [0.05, 0.1) is 19.1 Å². The third-order valence-electron chi connectivity index (χ3n) is 2.67. The van der Waals surface area contributed by atoms with Crippen LogP contribution < -0.4 is 14.2 Å². The van der Waals surface area contributed by atoms with Crippen LogP contribution in [0.25, 0.3) is 0 Å². The van der Waals surface area contributed by atoms with Gasteiger partial charge in [-0.2, -0.15) is 0 Å². The standard InChI is InChI=1S/C14H12BrNO5/c1-19-10-6-11(20-2)8-12(7-10)21-14-4-3-9(15)5-13(14)16(17)18/h3-8H,1-2H3. The summed E-state index contributed by atoms with van der Waals surface area (Å²) in [5.41, 5.74) is -0.133. The molecule has 110 valence electrons. The van der Waals surface area contributed by atoms with Gasteiger partial charge in [0, 0.05) is 28.7 Å². The SMILES string of the molecule is COc1cc(OC)cc(Oc2ccc(Br)cc2[N+](=O)[O-])c1. The van der Waals surface area contributed by atoms with Crippen LogP contribution in [0.3, 0.4) is 0 Å². The average Bonchev–Trinajstić information content (AvgIpc) is 2.48. The predicted molar refractivity (Wildman–Crippen MR) is 80.4 cm³/mol. The first-order chi connectivity index (χ1) is 10.0. The van der Waals surface area contributed by atoms with Gasteiger partial charge in [0.15, 0.2) is 0 Å². The molecular formula is C14H12BrNO5. The lowest BCUT2D eigenvalue weighted by atomic mass is 10.2. The Morgan fingerprint density at radius 1 is 1.00 bits per heavy atom. The van der Waals surface area contributed by atoms with Crippen LogP contribution in [0.5, 0.6) is 23.0 Å². The van der Waals surface area contributed by atoms with E-state index in [4.69, 9.17) is 14.2 Å². The summed E-state index contributed by atoms with van der Waals surface area (Å²) in [6, 6.07) is 9.49. The second-order valence-corrected chi connectivity index (χ2v) is 4.94. The minimum Gasteiger partial charge on any atom is -0.496 e. The molecule has 0 heterocycles. The summed E-state index contributed by atoms with van der Waals surface area (Å²) in [5.74, 6) is 1.59. The largest absolute Gasteiger partial charge is 0.496 e. The molecule has 0 aliphatic heterocycles. The molecule has 0 aromatic heterocycles. The number of ether oxygens (including phenoxy) is 3. The van der Waals surface area contributed by atoms with Gasteiger partial charge in [0.25, 0.3) is 0 Å². The molecular weight excluding hydrogens is 342 g/mol. The van der Waals surface area contributed by atoms with Crippen molar-refractivity contribution in [3.63, 3.8) is 0 Å². The van der Waals surface area contributed by atoms with Crippen molar-refractivity contribution in [1.29, 1.82) is 0 Å². The number of hydrogen-bond acceptors (Lipinski definition) is 5. The zero-order valence-corrected chi connectivity index (χ0v) is 12.9. The van der Waals surface area contributed by atoms with Crippen molar-refractivity contribution >= 4 is 21.6 Å². The summed E-state index contributed by atoms with van der Waals surface area (Å²) in [4.78, 5) is 10.6. The fourth-order valence-electron chi connectivity index (χ4n) is 1.69. The van der Waals surface area contributed by atoms with Crippen LogP contribution in [0.15, 0.2) is 40.9 Å². The number of nitro groups is 1. The van der Waals surface area contributed by atoms with Crippen LogP contribution in [-0.2, 0) is 0 Å². The highest BCUT2D eigenvalue weighted by atomic mass is 79.9. The fraction of sp³-hybridized carbons (Fsp3) is 0.143. The Kier molecular flexibility index (Phi) is 4.64. The molecule has 0 aliphatic carbocycles. The van der Waals surface area contributed by atoms with Crippen molar-refractivity contribution in [2.75, 3.05) is 14.2 Å². The van der Waals surface area contributed by atoms with Gasteiger partial charge in [-0.15, -0.1) is 0 Å². The summed E-state index contributed by atoms with van der Waals surface area (Å²) in [5, 5.41) is 11.1. The zero-order chi connectivity index (χ0) is 15.4. The van der Waals surface area contributed by atoms with Gasteiger partial charge < -0.3 is 14.2 Å². The van der Waals surface area contributed by atoms with Crippen LogP contribution in [0.1, 0.15) is 0 Å². The van der Waals surface area contributed by atoms with Crippen molar-refractivity contribution in [2.45, 2.75) is 0 Å². The fourth-order valence-corrected chi connectivity index (χ4v) is 2.04. The quantitative estimate of drug-likeness (QED) is 0.595.